The number of hydrogen-bond acceptors (Lipinski definition) is 1. The topological polar surface area (TPSA) is 12.4 Å². The Morgan fingerprint density at radius 2 is 2.46 bits per heavy atom. The van der Waals surface area contributed by atoms with E-state index in [2.05, 4.69) is 4.99 Å². The molecule has 2 heteroatoms. The van der Waals surface area contributed by atoms with Gasteiger partial charge < -0.3 is 0 Å². The molecule has 1 aliphatic rings. The van der Waals surface area contributed by atoms with E-state index < -0.39 is 6.17 Å². The molecule has 0 aliphatic heterocycles. The van der Waals surface area contributed by atoms with Crippen LogP contribution >= 0.6 is 0 Å². The van der Waals surface area contributed by atoms with Gasteiger partial charge in [0.1, 0.15) is 6.17 Å². The van der Waals surface area contributed by atoms with Crippen molar-refractivity contribution in [3.8, 4) is 0 Å². The molecule has 1 nitrogen and oxygen atoms in total. The number of aliphatic imine (C=N–C) groups is 1. The fraction of sp³-hybridized carbons (Fsp3) is 0.364. The van der Waals surface area contributed by atoms with Gasteiger partial charge in [0.15, 0.2) is 0 Å². The summed E-state index contributed by atoms with van der Waals surface area (Å²) in [4.78, 5) is 4.20. The van der Waals surface area contributed by atoms with Gasteiger partial charge in [-0.05, 0) is 31.6 Å². The molecule has 1 aliphatic carbocycles. The first-order chi connectivity index (χ1) is 6.22. The lowest BCUT2D eigenvalue weighted by molar-refractivity contribution is 0.400. The molecule has 70 valence electrons. The maximum absolute atomic E-state index is 12.6. The van der Waals surface area contributed by atoms with Crippen molar-refractivity contribution >= 4 is 6.21 Å². The Bertz CT molecular complexity index is 284. The van der Waals surface area contributed by atoms with Gasteiger partial charge in [-0.3, -0.25) is 4.99 Å². The molecule has 0 N–H and O–H groups in total. The van der Waals surface area contributed by atoms with Crippen molar-refractivity contribution in [2.24, 2.45) is 4.99 Å². The first-order valence-corrected chi connectivity index (χ1v) is 4.42. The number of rotatable bonds is 2. The molecule has 1 rings (SSSR count). The summed E-state index contributed by atoms with van der Waals surface area (Å²) in [5.41, 5.74) is 1.95. The van der Waals surface area contributed by atoms with E-state index in [9.17, 15) is 4.39 Å². The third-order valence-electron chi connectivity index (χ3n) is 1.90. The normalized spacial score (nSPS) is 23.8. The van der Waals surface area contributed by atoms with Gasteiger partial charge in [0.25, 0.3) is 0 Å². The van der Waals surface area contributed by atoms with Crippen LogP contribution in [-0.4, -0.2) is 12.4 Å². The molecule has 0 fully saturated rings. The van der Waals surface area contributed by atoms with Crippen LogP contribution < -0.4 is 0 Å². The van der Waals surface area contributed by atoms with Crippen LogP contribution in [-0.2, 0) is 0 Å². The molecule has 0 saturated heterocycles. The fourth-order valence-electron chi connectivity index (χ4n) is 0.930. The van der Waals surface area contributed by atoms with E-state index in [1.54, 1.807) is 12.3 Å². The highest BCUT2D eigenvalue weighted by Crippen LogP contribution is 2.13. The Kier molecular flexibility index (Phi) is 3.62. The minimum Gasteiger partial charge on any atom is -0.257 e. The highest BCUT2D eigenvalue weighted by Gasteiger charge is 2.04. The number of alkyl halides is 1. The van der Waals surface area contributed by atoms with Crippen LogP contribution in [0.5, 0.6) is 0 Å². The minimum atomic E-state index is -0.832. The van der Waals surface area contributed by atoms with Gasteiger partial charge in [-0.15, -0.1) is 0 Å². The lowest BCUT2D eigenvalue weighted by Gasteiger charge is -2.04. The van der Waals surface area contributed by atoms with Crippen molar-refractivity contribution < 1.29 is 4.39 Å². The zero-order valence-corrected chi connectivity index (χ0v) is 8.00. The first-order valence-electron chi connectivity index (χ1n) is 4.42. The Balaban J connectivity index is 2.57. The van der Waals surface area contributed by atoms with Crippen LogP contribution in [0.3, 0.4) is 0 Å². The lowest BCUT2D eigenvalue weighted by atomic mass is 10.1. The second kappa shape index (κ2) is 4.75. The highest BCUT2D eigenvalue weighted by molar-refractivity contribution is 5.78. The number of hydrogen-bond donors (Lipinski definition) is 0. The van der Waals surface area contributed by atoms with Gasteiger partial charge in [0.2, 0.25) is 0 Å². The molecule has 0 radical (unpaired) electrons. The highest BCUT2D eigenvalue weighted by atomic mass is 19.1. The lowest BCUT2D eigenvalue weighted by Crippen LogP contribution is -1.97. The molecule has 0 aromatic carbocycles. The van der Waals surface area contributed by atoms with Crippen LogP contribution in [0.25, 0.3) is 0 Å². The average Bonchev–Trinajstić information content (AvgIpc) is 2.16. The largest absolute Gasteiger partial charge is 0.257 e. The molecule has 0 heterocycles. The first kappa shape index (κ1) is 9.90. The van der Waals surface area contributed by atoms with Gasteiger partial charge in [0.05, 0.1) is 5.70 Å². The van der Waals surface area contributed by atoms with Crippen molar-refractivity contribution in [2.75, 3.05) is 0 Å². The summed E-state index contributed by atoms with van der Waals surface area (Å²) in [6.07, 6.45) is 8.44. The predicted octanol–water partition coefficient (Wildman–Crippen LogP) is 3.21. The van der Waals surface area contributed by atoms with E-state index in [1.165, 1.54) is 6.08 Å². The average molecular weight is 179 g/mol. The molecule has 0 saturated carbocycles. The smallest absolute Gasteiger partial charge is 0.122 e. The minimum absolute atomic E-state index is 0.443. The van der Waals surface area contributed by atoms with Crippen LogP contribution in [0.4, 0.5) is 4.39 Å². The molecular formula is C11H14FN. The Morgan fingerprint density at radius 1 is 1.69 bits per heavy atom. The molecule has 13 heavy (non-hydrogen) atoms. The zero-order chi connectivity index (χ0) is 9.68. The van der Waals surface area contributed by atoms with Gasteiger partial charge in [0, 0.05) is 12.6 Å². The van der Waals surface area contributed by atoms with Crippen LogP contribution in [0.2, 0.25) is 0 Å². The second-order valence-corrected chi connectivity index (χ2v) is 3.03. The summed E-state index contributed by atoms with van der Waals surface area (Å²) in [6, 6.07) is 0. The van der Waals surface area contributed by atoms with Crippen molar-refractivity contribution in [1.82, 2.24) is 0 Å². The van der Waals surface area contributed by atoms with Gasteiger partial charge in [-0.1, -0.05) is 12.2 Å². The molecule has 1 unspecified atom stereocenters. The van der Waals surface area contributed by atoms with Crippen molar-refractivity contribution in [2.45, 2.75) is 26.4 Å². The van der Waals surface area contributed by atoms with Crippen LogP contribution in [0.1, 0.15) is 20.3 Å². The van der Waals surface area contributed by atoms with Crippen molar-refractivity contribution in [3.63, 3.8) is 0 Å². The number of halogens is 1. The van der Waals surface area contributed by atoms with Gasteiger partial charge >= 0.3 is 0 Å². The summed E-state index contributed by atoms with van der Waals surface area (Å²) in [5.74, 6) is 0. The van der Waals surface area contributed by atoms with E-state index in [0.717, 1.165) is 11.3 Å². The molecule has 0 bridgehead atoms. The van der Waals surface area contributed by atoms with E-state index in [4.69, 9.17) is 0 Å². The van der Waals surface area contributed by atoms with E-state index in [1.807, 2.05) is 26.0 Å². The maximum atomic E-state index is 12.6. The fourth-order valence-corrected chi connectivity index (χ4v) is 0.930. The summed E-state index contributed by atoms with van der Waals surface area (Å²) < 4.78 is 12.6. The predicted molar refractivity (Wildman–Crippen MR) is 54.7 cm³/mol. The quantitative estimate of drug-likeness (QED) is 0.577. The number of nitrogens with zero attached hydrogens (tertiary/aromatic N) is 1. The second-order valence-electron chi connectivity index (χ2n) is 3.03. The molecule has 0 aromatic heterocycles. The molecular weight excluding hydrogens is 165 g/mol. The molecule has 0 aromatic rings. The van der Waals surface area contributed by atoms with Gasteiger partial charge in [-0.2, -0.15) is 0 Å². The Hall–Kier alpha value is -1.18. The van der Waals surface area contributed by atoms with E-state index >= 15 is 0 Å². The zero-order valence-electron chi connectivity index (χ0n) is 8.00. The van der Waals surface area contributed by atoms with Crippen LogP contribution in [0.15, 0.2) is 40.6 Å². The monoisotopic (exact) mass is 179 g/mol. The van der Waals surface area contributed by atoms with Crippen molar-refractivity contribution in [3.05, 3.63) is 35.6 Å². The summed E-state index contributed by atoms with van der Waals surface area (Å²) in [7, 11) is 0. The third kappa shape index (κ3) is 3.36. The van der Waals surface area contributed by atoms with Crippen LogP contribution in [0, 0.1) is 0 Å². The Labute approximate surface area is 78.4 Å². The van der Waals surface area contributed by atoms with Crippen molar-refractivity contribution in [1.29, 1.82) is 0 Å². The number of allylic oxidation sites excluding steroid dienone is 5. The standard InChI is InChI=1S/C11H14FN/c1-3-9(2)8-13-11-6-4-10(12)5-7-11/h3-4,6-8,10H,5H2,1-2H3/b9-3-,13-8?. The maximum Gasteiger partial charge on any atom is 0.122 e. The third-order valence-corrected chi connectivity index (χ3v) is 1.90. The molecule has 1 atom stereocenters. The molecule has 0 spiro atoms. The summed E-state index contributed by atoms with van der Waals surface area (Å²) in [5, 5.41) is 0. The van der Waals surface area contributed by atoms with E-state index in [0.29, 0.717) is 6.42 Å². The summed E-state index contributed by atoms with van der Waals surface area (Å²) >= 11 is 0. The Morgan fingerprint density at radius 3 is 3.00 bits per heavy atom. The van der Waals surface area contributed by atoms with E-state index in [-0.39, 0.29) is 0 Å². The van der Waals surface area contributed by atoms with Gasteiger partial charge in [-0.25, -0.2) is 4.39 Å². The SMILES string of the molecule is C/C=C(/C)C=NC1=CCC(F)C=C1. The molecule has 0 amide bonds. The summed E-state index contributed by atoms with van der Waals surface area (Å²) in [6.45, 7) is 3.94.